The molecule has 0 bridgehead atoms. The Labute approximate surface area is 193 Å². The summed E-state index contributed by atoms with van der Waals surface area (Å²) in [5, 5.41) is 4.52. The van der Waals surface area contributed by atoms with Crippen LogP contribution in [0.25, 0.3) is 11.4 Å². The topological polar surface area (TPSA) is 105 Å². The monoisotopic (exact) mass is 458 g/mol. The molecular weight excluding hydrogens is 424 g/mol. The van der Waals surface area contributed by atoms with Gasteiger partial charge in [-0.25, -0.2) is 4.79 Å². The van der Waals surface area contributed by atoms with E-state index in [4.69, 9.17) is 9.47 Å². The van der Waals surface area contributed by atoms with Gasteiger partial charge in [0, 0.05) is 24.8 Å². The minimum Gasteiger partial charge on any atom is -0.444 e. The first-order valence-corrected chi connectivity index (χ1v) is 11.7. The lowest BCUT2D eigenvalue weighted by molar-refractivity contribution is 0.0120. The van der Waals surface area contributed by atoms with Crippen LogP contribution in [0.3, 0.4) is 0 Å². The first-order valence-electron chi connectivity index (χ1n) is 11.7. The highest BCUT2D eigenvalue weighted by Crippen LogP contribution is 2.26. The molecule has 2 aliphatic rings. The summed E-state index contributed by atoms with van der Waals surface area (Å²) in [4.78, 5) is 38.1. The van der Waals surface area contributed by atoms with Gasteiger partial charge in [-0.15, -0.1) is 5.10 Å². The molecule has 2 atom stereocenters. The molecule has 0 radical (unpaired) electrons. The number of carbonyl (C=O) groups excluding carboxylic acids is 1. The van der Waals surface area contributed by atoms with E-state index in [0.717, 1.165) is 17.7 Å². The number of hydrogen-bond donors (Lipinski definition) is 1. The SMILES string of the molecule is CCc1[nH]c2nc(C3=CCOCC3)nn2c(=O)c1N1CCN(C(=O)OC(C)(C)C)C(C)C1C. The van der Waals surface area contributed by atoms with Crippen molar-refractivity contribution in [3.8, 4) is 0 Å². The zero-order valence-corrected chi connectivity index (χ0v) is 20.3. The number of nitrogens with one attached hydrogen (secondary N) is 1. The van der Waals surface area contributed by atoms with Crippen LogP contribution in [0.15, 0.2) is 10.9 Å². The Balaban J connectivity index is 1.67. The summed E-state index contributed by atoms with van der Waals surface area (Å²) in [7, 11) is 0. The molecule has 1 saturated heterocycles. The fourth-order valence-corrected chi connectivity index (χ4v) is 4.41. The zero-order valence-electron chi connectivity index (χ0n) is 20.3. The van der Waals surface area contributed by atoms with Crippen LogP contribution in [0.2, 0.25) is 0 Å². The minimum atomic E-state index is -0.556. The van der Waals surface area contributed by atoms with E-state index in [1.165, 1.54) is 4.52 Å². The van der Waals surface area contributed by atoms with Gasteiger partial charge in [0.05, 0.1) is 19.3 Å². The molecule has 180 valence electrons. The Morgan fingerprint density at radius 3 is 2.67 bits per heavy atom. The second kappa shape index (κ2) is 8.81. The number of H-pyrrole nitrogens is 1. The van der Waals surface area contributed by atoms with Gasteiger partial charge in [0.1, 0.15) is 11.3 Å². The number of aryl methyl sites for hydroxylation is 1. The summed E-state index contributed by atoms with van der Waals surface area (Å²) < 4.78 is 12.3. The Morgan fingerprint density at radius 2 is 2.03 bits per heavy atom. The largest absolute Gasteiger partial charge is 0.444 e. The maximum atomic E-state index is 13.6. The highest BCUT2D eigenvalue weighted by atomic mass is 16.6. The van der Waals surface area contributed by atoms with Crippen LogP contribution in [-0.2, 0) is 15.9 Å². The van der Waals surface area contributed by atoms with Gasteiger partial charge >= 0.3 is 6.09 Å². The summed E-state index contributed by atoms with van der Waals surface area (Å²) >= 11 is 0. The molecule has 1 N–H and O–H groups in total. The van der Waals surface area contributed by atoms with Crippen LogP contribution in [0.1, 0.15) is 59.5 Å². The molecule has 0 aromatic carbocycles. The predicted molar refractivity (Wildman–Crippen MR) is 126 cm³/mol. The third-order valence-electron chi connectivity index (χ3n) is 6.33. The summed E-state index contributed by atoms with van der Waals surface area (Å²) in [6, 6.07) is -0.219. The van der Waals surface area contributed by atoms with Gasteiger partial charge in [-0.1, -0.05) is 13.0 Å². The number of ether oxygens (including phenoxy) is 2. The number of aromatic amines is 1. The first kappa shape index (κ1) is 23.3. The van der Waals surface area contributed by atoms with Crippen LogP contribution >= 0.6 is 0 Å². The lowest BCUT2D eigenvalue weighted by Gasteiger charge is -2.46. The van der Waals surface area contributed by atoms with E-state index in [1.807, 2.05) is 47.6 Å². The van der Waals surface area contributed by atoms with Gasteiger partial charge in [0.2, 0.25) is 5.78 Å². The number of nitrogens with zero attached hydrogens (tertiary/aromatic N) is 5. The molecule has 2 aliphatic heterocycles. The Hall–Kier alpha value is -2.88. The summed E-state index contributed by atoms with van der Waals surface area (Å²) in [6.07, 6.45) is 3.00. The van der Waals surface area contributed by atoms with Crippen molar-refractivity contribution in [2.24, 2.45) is 0 Å². The van der Waals surface area contributed by atoms with Crippen molar-refractivity contribution in [1.82, 2.24) is 24.5 Å². The third-order valence-corrected chi connectivity index (χ3v) is 6.33. The van der Waals surface area contributed by atoms with Crippen molar-refractivity contribution in [3.05, 3.63) is 27.9 Å². The lowest BCUT2D eigenvalue weighted by Crippen LogP contribution is -2.60. The zero-order chi connectivity index (χ0) is 23.9. The van der Waals surface area contributed by atoms with Crippen molar-refractivity contribution in [1.29, 1.82) is 0 Å². The fourth-order valence-electron chi connectivity index (χ4n) is 4.41. The minimum absolute atomic E-state index is 0.0867. The van der Waals surface area contributed by atoms with Crippen LogP contribution in [0, 0.1) is 0 Å². The van der Waals surface area contributed by atoms with Gasteiger partial charge in [-0.3, -0.25) is 4.79 Å². The third kappa shape index (κ3) is 4.48. The van der Waals surface area contributed by atoms with E-state index in [1.54, 1.807) is 4.90 Å². The van der Waals surface area contributed by atoms with Crippen molar-refractivity contribution in [2.45, 2.75) is 72.1 Å². The van der Waals surface area contributed by atoms with E-state index in [2.05, 4.69) is 20.0 Å². The summed E-state index contributed by atoms with van der Waals surface area (Å²) in [5.41, 5.74) is 1.64. The van der Waals surface area contributed by atoms with Gasteiger partial charge in [0.25, 0.3) is 5.56 Å². The molecule has 2 aromatic rings. The second-order valence-electron chi connectivity index (χ2n) is 9.68. The molecule has 2 aromatic heterocycles. The molecule has 10 heteroatoms. The van der Waals surface area contributed by atoms with Crippen LogP contribution in [-0.4, -0.2) is 74.6 Å². The average molecular weight is 459 g/mol. The molecule has 1 amide bonds. The molecule has 2 unspecified atom stereocenters. The van der Waals surface area contributed by atoms with Gasteiger partial charge in [0.15, 0.2) is 5.82 Å². The molecule has 4 heterocycles. The molecule has 0 saturated carbocycles. The van der Waals surface area contributed by atoms with Gasteiger partial charge < -0.3 is 24.3 Å². The van der Waals surface area contributed by atoms with Crippen LogP contribution in [0.4, 0.5) is 10.5 Å². The van der Waals surface area contributed by atoms with Crippen molar-refractivity contribution >= 4 is 23.1 Å². The van der Waals surface area contributed by atoms with Crippen molar-refractivity contribution in [3.63, 3.8) is 0 Å². The van der Waals surface area contributed by atoms with E-state index < -0.39 is 5.60 Å². The van der Waals surface area contributed by atoms with E-state index in [-0.39, 0.29) is 23.7 Å². The van der Waals surface area contributed by atoms with Gasteiger partial charge in [-0.2, -0.15) is 9.50 Å². The van der Waals surface area contributed by atoms with Gasteiger partial charge in [-0.05, 0) is 53.0 Å². The van der Waals surface area contributed by atoms with E-state index in [0.29, 0.717) is 50.0 Å². The predicted octanol–water partition coefficient (Wildman–Crippen LogP) is 2.62. The molecule has 33 heavy (non-hydrogen) atoms. The highest BCUT2D eigenvalue weighted by molar-refractivity contribution is 5.69. The van der Waals surface area contributed by atoms with Crippen LogP contribution < -0.4 is 10.5 Å². The Kier molecular flexibility index (Phi) is 6.22. The Morgan fingerprint density at radius 1 is 1.27 bits per heavy atom. The van der Waals surface area contributed by atoms with Crippen LogP contribution in [0.5, 0.6) is 0 Å². The summed E-state index contributed by atoms with van der Waals surface area (Å²) in [6.45, 7) is 13.8. The first-order chi connectivity index (χ1) is 15.6. The molecule has 1 fully saturated rings. The number of piperazine rings is 1. The average Bonchev–Trinajstić information content (AvgIpc) is 3.20. The highest BCUT2D eigenvalue weighted by Gasteiger charge is 2.37. The standard InChI is InChI=1S/C23H34N6O4/c1-7-17-18(27-10-11-28(15(3)14(27)2)22(31)33-23(4,5)6)20(30)29-21(24-17)25-19(26-29)16-8-12-32-13-9-16/h8,14-15H,7,9-13H2,1-6H3,(H,24,25,26). The number of aromatic nitrogens is 4. The number of anilines is 1. The quantitative estimate of drug-likeness (QED) is 0.754. The number of amides is 1. The van der Waals surface area contributed by atoms with Crippen molar-refractivity contribution in [2.75, 3.05) is 31.2 Å². The van der Waals surface area contributed by atoms with Crippen molar-refractivity contribution < 1.29 is 14.3 Å². The number of rotatable bonds is 3. The Bertz CT molecular complexity index is 1130. The maximum absolute atomic E-state index is 13.6. The molecular formula is C23H34N6O4. The normalized spacial score (nSPS) is 21.9. The molecule has 0 spiro atoms. The lowest BCUT2D eigenvalue weighted by atomic mass is 10.0. The fraction of sp³-hybridized carbons (Fsp3) is 0.652. The molecule has 10 nitrogen and oxygen atoms in total. The van der Waals surface area contributed by atoms with E-state index in [9.17, 15) is 9.59 Å². The number of hydrogen-bond acceptors (Lipinski definition) is 7. The molecule has 4 rings (SSSR count). The smallest absolute Gasteiger partial charge is 0.410 e. The molecule has 0 aliphatic carbocycles. The van der Waals surface area contributed by atoms with E-state index >= 15 is 0 Å². The second-order valence-corrected chi connectivity index (χ2v) is 9.68. The maximum Gasteiger partial charge on any atom is 0.410 e. The number of fused-ring (bicyclic) bond motifs is 1. The number of carbonyl (C=O) groups is 1. The summed E-state index contributed by atoms with van der Waals surface area (Å²) in [5.74, 6) is 0.998.